The third kappa shape index (κ3) is 18.6. The molecule has 64 valence electrons. The van der Waals surface area contributed by atoms with Crippen LogP contribution in [0.5, 0.6) is 0 Å². The van der Waals surface area contributed by atoms with Crippen molar-refractivity contribution in [3.05, 3.63) is 5.67 Å². The van der Waals surface area contributed by atoms with Crippen LogP contribution in [0.1, 0.15) is 0 Å². The van der Waals surface area contributed by atoms with Crippen LogP contribution in [0.4, 0.5) is 0 Å². The van der Waals surface area contributed by atoms with Crippen molar-refractivity contribution < 1.29 is 17.0 Å². The molecule has 0 radical (unpaired) electrons. The Morgan fingerprint density at radius 3 is 0.909 bits per heavy atom. The quantitative estimate of drug-likeness (QED) is 0.469. The van der Waals surface area contributed by atoms with Gasteiger partial charge in [-0.15, -0.1) is 16.1 Å². The Balaban J connectivity index is -0.000000320. The minimum atomic E-state index is -0.856. The summed E-state index contributed by atoms with van der Waals surface area (Å²) in [5.74, 6) is 0. The second-order valence-corrected chi connectivity index (χ2v) is 15.5. The van der Waals surface area contributed by atoms with Gasteiger partial charge in [-0.2, -0.15) is 0 Å². The summed E-state index contributed by atoms with van der Waals surface area (Å²) >= 11 is 0. The molecule has 0 fully saturated rings. The minimum absolute atomic E-state index is 0. The van der Waals surface area contributed by atoms with Crippen LogP contribution >= 0.6 is 0 Å². The maximum Gasteiger partial charge on any atom is 2.00 e. The molecule has 11 heavy (non-hydrogen) atoms. The molecule has 0 heterocycles. The minimum Gasteiger partial charge on any atom is -1.00 e. The van der Waals surface area contributed by atoms with Gasteiger partial charge in [0.25, 0.3) is 0 Å². The van der Waals surface area contributed by atoms with Gasteiger partial charge in [-0.1, -0.05) is 39.3 Å². The van der Waals surface area contributed by atoms with Crippen molar-refractivity contribution in [2.75, 3.05) is 0 Å². The largest absolute Gasteiger partial charge is 2.00 e. The first-order valence-corrected chi connectivity index (χ1v) is 10.7. The van der Waals surface area contributed by atoms with E-state index in [1.54, 1.807) is 0 Å². The van der Waals surface area contributed by atoms with Crippen molar-refractivity contribution in [1.82, 2.24) is 0 Å². The van der Waals surface area contributed by atoms with Crippen molar-refractivity contribution in [2.45, 2.75) is 39.3 Å². The van der Waals surface area contributed by atoms with E-state index < -0.39 is 16.1 Å². The summed E-state index contributed by atoms with van der Waals surface area (Å²) in [5.41, 5.74) is 2.65. The molecule has 0 N–H and O–H groups in total. The second-order valence-electron chi connectivity index (χ2n) is 4.88. The molecule has 4 heteroatoms. The SMILES string of the molecule is C[Si](C)(C)[CH-][Si](C)(C)C.[Br-].[Mg+2]. The predicted molar refractivity (Wildman–Crippen MR) is 56.7 cm³/mol. The standard InChI is InChI=1S/C7H19Si2.BrH.Mg/c1-8(2,3)7-9(4,5)6;;/h7H,1-6H3;1H;/q-1;;+2/p-1. The molecule has 0 aromatic carbocycles. The molecule has 0 aromatic heterocycles. The van der Waals surface area contributed by atoms with E-state index in [0.29, 0.717) is 0 Å². The molecule has 0 nitrogen and oxygen atoms in total. The normalized spacial score (nSPS) is 11.5. The fourth-order valence-electron chi connectivity index (χ4n) is 1.30. The van der Waals surface area contributed by atoms with E-state index in [1.807, 2.05) is 0 Å². The Bertz CT molecular complexity index is 81.6. The van der Waals surface area contributed by atoms with Gasteiger partial charge < -0.3 is 22.6 Å². The number of halogens is 1. The monoisotopic (exact) mass is 262 g/mol. The van der Waals surface area contributed by atoms with Crippen molar-refractivity contribution in [1.29, 1.82) is 0 Å². The van der Waals surface area contributed by atoms with E-state index in [-0.39, 0.29) is 40.0 Å². The maximum atomic E-state index is 2.65. The fraction of sp³-hybridized carbons (Fsp3) is 0.857. The summed E-state index contributed by atoms with van der Waals surface area (Å²) < 4.78 is 0. The molecule has 0 aromatic rings. The molecule has 0 spiro atoms. The molecule has 0 aliphatic heterocycles. The van der Waals surface area contributed by atoms with E-state index in [2.05, 4.69) is 44.9 Å². The molecule has 0 rings (SSSR count). The van der Waals surface area contributed by atoms with Crippen LogP contribution in [0, 0.1) is 5.67 Å². The van der Waals surface area contributed by atoms with Crippen LogP contribution in [0.2, 0.25) is 39.3 Å². The second kappa shape index (κ2) is 6.18. The van der Waals surface area contributed by atoms with E-state index in [0.717, 1.165) is 0 Å². The zero-order valence-corrected chi connectivity index (χ0v) is 13.7. The number of hydrogen-bond donors (Lipinski definition) is 0. The summed E-state index contributed by atoms with van der Waals surface area (Å²) in [6, 6.07) is 0. The van der Waals surface area contributed by atoms with Crippen LogP contribution < -0.4 is 17.0 Å². The van der Waals surface area contributed by atoms with Gasteiger partial charge in [0.2, 0.25) is 0 Å². The van der Waals surface area contributed by atoms with Gasteiger partial charge in [0.1, 0.15) is 0 Å². The smallest absolute Gasteiger partial charge is 1.00 e. The average molecular weight is 264 g/mol. The molecule has 0 bridgehead atoms. The first-order chi connectivity index (χ1) is 3.71. The van der Waals surface area contributed by atoms with Gasteiger partial charge >= 0.3 is 23.1 Å². The van der Waals surface area contributed by atoms with Crippen LogP contribution in [0.25, 0.3) is 0 Å². The Hall–Kier alpha value is 1.68. The summed E-state index contributed by atoms with van der Waals surface area (Å²) in [7, 11) is -1.71. The van der Waals surface area contributed by atoms with E-state index in [4.69, 9.17) is 0 Å². The Kier molecular flexibility index (Phi) is 10.4. The van der Waals surface area contributed by atoms with Gasteiger partial charge in [-0.05, 0) is 0 Å². The third-order valence-corrected chi connectivity index (χ3v) is 7.79. The summed E-state index contributed by atoms with van der Waals surface area (Å²) in [6.45, 7) is 14.4. The molecule has 0 unspecified atom stereocenters. The number of rotatable bonds is 2. The van der Waals surface area contributed by atoms with Gasteiger partial charge in [0, 0.05) is 0 Å². The predicted octanol–water partition coefficient (Wildman–Crippen LogP) is -0.431. The van der Waals surface area contributed by atoms with Gasteiger partial charge in [-0.3, -0.25) is 0 Å². The summed E-state index contributed by atoms with van der Waals surface area (Å²) in [4.78, 5) is 0. The molecular formula is C7H19BrMgSi2. The first kappa shape index (κ1) is 18.5. The molecular weight excluding hydrogens is 244 g/mol. The first-order valence-electron chi connectivity index (χ1n) is 3.58. The van der Waals surface area contributed by atoms with Gasteiger partial charge in [0.05, 0.1) is 0 Å². The molecule has 0 saturated carbocycles. The van der Waals surface area contributed by atoms with Crippen molar-refractivity contribution in [3.8, 4) is 0 Å². The third-order valence-electron chi connectivity index (χ3n) is 0.866. The number of hydrogen-bond acceptors (Lipinski definition) is 0. The zero-order valence-electron chi connectivity index (χ0n) is 8.66. The zero-order chi connectivity index (χ0) is 7.71. The van der Waals surface area contributed by atoms with E-state index in [9.17, 15) is 0 Å². The molecule has 0 atom stereocenters. The maximum absolute atomic E-state index is 2.65. The topological polar surface area (TPSA) is 0 Å². The van der Waals surface area contributed by atoms with Gasteiger partial charge in [0.15, 0.2) is 0 Å². The Morgan fingerprint density at radius 2 is 0.909 bits per heavy atom. The average Bonchev–Trinajstić information content (AvgIpc) is 1.14. The molecule has 0 aliphatic carbocycles. The van der Waals surface area contributed by atoms with Crippen molar-refractivity contribution in [2.24, 2.45) is 0 Å². The Morgan fingerprint density at radius 1 is 0.727 bits per heavy atom. The molecule has 0 amide bonds. The van der Waals surface area contributed by atoms with Crippen LogP contribution in [0.15, 0.2) is 0 Å². The van der Waals surface area contributed by atoms with Crippen LogP contribution in [-0.2, 0) is 0 Å². The molecule has 0 saturated heterocycles. The van der Waals surface area contributed by atoms with Crippen molar-refractivity contribution >= 4 is 39.2 Å². The van der Waals surface area contributed by atoms with Crippen molar-refractivity contribution in [3.63, 3.8) is 0 Å². The Labute approximate surface area is 100 Å². The summed E-state index contributed by atoms with van der Waals surface area (Å²) in [5, 5.41) is 0. The fourth-order valence-corrected chi connectivity index (χ4v) is 11.7. The molecule has 0 aliphatic rings. The van der Waals surface area contributed by atoms with E-state index in [1.165, 1.54) is 0 Å². The van der Waals surface area contributed by atoms with Gasteiger partial charge in [-0.25, -0.2) is 0 Å². The summed E-state index contributed by atoms with van der Waals surface area (Å²) in [6.07, 6.45) is 0. The van der Waals surface area contributed by atoms with Crippen LogP contribution in [-0.4, -0.2) is 39.2 Å². The van der Waals surface area contributed by atoms with Crippen LogP contribution in [0.3, 0.4) is 0 Å². The van der Waals surface area contributed by atoms with E-state index >= 15 is 0 Å².